The van der Waals surface area contributed by atoms with Gasteiger partial charge in [0.1, 0.15) is 5.69 Å². The van der Waals surface area contributed by atoms with E-state index < -0.39 is 0 Å². The predicted octanol–water partition coefficient (Wildman–Crippen LogP) is 1.58. The van der Waals surface area contributed by atoms with Crippen molar-refractivity contribution in [2.75, 3.05) is 0 Å². The van der Waals surface area contributed by atoms with Crippen molar-refractivity contribution in [3.05, 3.63) is 17.5 Å². The molecular weight excluding hydrogens is 140 g/mol. The lowest BCUT2D eigenvalue weighted by Gasteiger charge is -2.06. The van der Waals surface area contributed by atoms with E-state index in [1.807, 2.05) is 25.5 Å². The molecule has 1 aromatic heterocycles. The molecule has 0 fully saturated rings. The fourth-order valence-electron chi connectivity index (χ4n) is 1.09. The normalized spacial score (nSPS) is 10.5. The first-order valence-corrected chi connectivity index (χ1v) is 3.66. The number of carbonyl (C=O) groups is 1. The molecule has 1 heterocycles. The number of nitrogens with zero attached hydrogens (tertiary/aromatic N) is 2. The minimum absolute atomic E-state index is 0.323. The number of carbonyl (C=O) groups excluding carboxylic acids is 1. The summed E-state index contributed by atoms with van der Waals surface area (Å²) in [6, 6.07) is 2.11. The van der Waals surface area contributed by atoms with Gasteiger partial charge in [-0.3, -0.25) is 9.48 Å². The molecule has 0 spiro atoms. The smallest absolute Gasteiger partial charge is 0.170 e. The van der Waals surface area contributed by atoms with Gasteiger partial charge in [-0.1, -0.05) is 0 Å². The Hall–Kier alpha value is -1.12. The maximum absolute atomic E-state index is 10.3. The van der Waals surface area contributed by atoms with E-state index in [4.69, 9.17) is 0 Å². The molecule has 0 radical (unpaired) electrons. The van der Waals surface area contributed by atoms with E-state index in [2.05, 4.69) is 5.10 Å². The predicted molar refractivity (Wildman–Crippen MR) is 42.7 cm³/mol. The highest BCUT2D eigenvalue weighted by Crippen LogP contribution is 2.08. The van der Waals surface area contributed by atoms with E-state index >= 15 is 0 Å². The van der Waals surface area contributed by atoms with Gasteiger partial charge < -0.3 is 0 Å². The summed E-state index contributed by atoms with van der Waals surface area (Å²) in [6.45, 7) is 6.02. The summed E-state index contributed by atoms with van der Waals surface area (Å²) >= 11 is 0. The molecule has 1 aromatic rings. The summed E-state index contributed by atoms with van der Waals surface area (Å²) in [5.41, 5.74) is 1.54. The van der Waals surface area contributed by atoms with E-state index in [1.165, 1.54) is 0 Å². The number of hydrogen-bond acceptors (Lipinski definition) is 2. The summed E-state index contributed by atoms with van der Waals surface area (Å²) in [6.07, 6.45) is 0.770. The maximum Gasteiger partial charge on any atom is 0.170 e. The Kier molecular flexibility index (Phi) is 2.08. The molecule has 3 heteroatoms. The van der Waals surface area contributed by atoms with Crippen LogP contribution in [0, 0.1) is 6.92 Å². The van der Waals surface area contributed by atoms with Crippen molar-refractivity contribution >= 4 is 6.29 Å². The Morgan fingerprint density at radius 3 is 2.55 bits per heavy atom. The molecule has 0 aliphatic rings. The third kappa shape index (κ3) is 1.48. The number of aldehydes is 1. The molecule has 0 bridgehead atoms. The zero-order valence-electron chi connectivity index (χ0n) is 7.03. The Balaban J connectivity index is 3.06. The minimum Gasteiger partial charge on any atom is -0.296 e. The second kappa shape index (κ2) is 2.86. The van der Waals surface area contributed by atoms with Crippen LogP contribution in [0.2, 0.25) is 0 Å². The topological polar surface area (TPSA) is 34.9 Å². The summed E-state index contributed by atoms with van der Waals surface area (Å²) in [4.78, 5) is 10.3. The van der Waals surface area contributed by atoms with Crippen LogP contribution < -0.4 is 0 Å². The first kappa shape index (κ1) is 7.98. The van der Waals surface area contributed by atoms with Crippen LogP contribution in [0.1, 0.15) is 36.1 Å². The van der Waals surface area contributed by atoms with Crippen molar-refractivity contribution < 1.29 is 4.79 Å². The van der Waals surface area contributed by atoms with E-state index in [0.717, 1.165) is 12.0 Å². The van der Waals surface area contributed by atoms with Gasteiger partial charge in [-0.15, -0.1) is 0 Å². The minimum atomic E-state index is 0.323. The summed E-state index contributed by atoms with van der Waals surface area (Å²) in [5.74, 6) is 0. The van der Waals surface area contributed by atoms with E-state index in [1.54, 1.807) is 6.07 Å². The van der Waals surface area contributed by atoms with E-state index in [-0.39, 0.29) is 0 Å². The second-order valence-corrected chi connectivity index (χ2v) is 2.87. The molecule has 0 saturated carbocycles. The van der Waals surface area contributed by atoms with Crippen molar-refractivity contribution in [1.29, 1.82) is 0 Å². The highest BCUT2D eigenvalue weighted by Gasteiger charge is 2.04. The number of rotatable bonds is 2. The Bertz CT molecular complexity index is 263. The van der Waals surface area contributed by atoms with Gasteiger partial charge in [-0.25, -0.2) is 0 Å². The molecule has 0 amide bonds. The van der Waals surface area contributed by atoms with Gasteiger partial charge in [0.2, 0.25) is 0 Å². The zero-order valence-corrected chi connectivity index (χ0v) is 7.03. The van der Waals surface area contributed by atoms with Crippen LogP contribution >= 0.6 is 0 Å². The molecule has 3 nitrogen and oxygen atoms in total. The van der Waals surface area contributed by atoms with Crippen molar-refractivity contribution in [2.45, 2.75) is 26.8 Å². The molecule has 60 valence electrons. The Morgan fingerprint density at radius 1 is 1.64 bits per heavy atom. The van der Waals surface area contributed by atoms with Crippen LogP contribution in [0.4, 0.5) is 0 Å². The molecular formula is C8H12N2O. The van der Waals surface area contributed by atoms with Crippen LogP contribution in [0.5, 0.6) is 0 Å². The van der Waals surface area contributed by atoms with Gasteiger partial charge in [0.25, 0.3) is 0 Å². The largest absolute Gasteiger partial charge is 0.296 e. The molecule has 0 aliphatic carbocycles. The van der Waals surface area contributed by atoms with Gasteiger partial charge in [-0.2, -0.15) is 5.10 Å². The highest BCUT2D eigenvalue weighted by atomic mass is 16.1. The average Bonchev–Trinajstić information content (AvgIpc) is 2.30. The summed E-state index contributed by atoms with van der Waals surface area (Å²) in [5, 5.41) is 4.08. The second-order valence-electron chi connectivity index (χ2n) is 2.87. The van der Waals surface area contributed by atoms with E-state index in [0.29, 0.717) is 11.7 Å². The van der Waals surface area contributed by atoms with Crippen molar-refractivity contribution in [1.82, 2.24) is 9.78 Å². The maximum atomic E-state index is 10.3. The quantitative estimate of drug-likeness (QED) is 0.603. The van der Waals surface area contributed by atoms with Crippen LogP contribution in [-0.4, -0.2) is 16.1 Å². The zero-order chi connectivity index (χ0) is 8.43. The monoisotopic (exact) mass is 152 g/mol. The van der Waals surface area contributed by atoms with Gasteiger partial charge in [0.05, 0.1) is 0 Å². The molecule has 0 N–H and O–H groups in total. The van der Waals surface area contributed by atoms with E-state index in [9.17, 15) is 4.79 Å². The Labute approximate surface area is 66.0 Å². The van der Waals surface area contributed by atoms with Crippen LogP contribution in [0.15, 0.2) is 6.07 Å². The molecule has 1 rings (SSSR count). The fourth-order valence-corrected chi connectivity index (χ4v) is 1.09. The van der Waals surface area contributed by atoms with Crippen molar-refractivity contribution in [3.8, 4) is 0 Å². The van der Waals surface area contributed by atoms with Crippen molar-refractivity contribution in [2.24, 2.45) is 0 Å². The molecule has 0 atom stereocenters. The summed E-state index contributed by atoms with van der Waals surface area (Å²) < 4.78 is 1.84. The lowest BCUT2D eigenvalue weighted by atomic mass is 10.3. The van der Waals surface area contributed by atoms with Gasteiger partial charge in [0.15, 0.2) is 6.29 Å². The van der Waals surface area contributed by atoms with Crippen LogP contribution in [-0.2, 0) is 0 Å². The van der Waals surface area contributed by atoms with Gasteiger partial charge in [-0.05, 0) is 26.8 Å². The Morgan fingerprint density at radius 2 is 2.27 bits per heavy atom. The number of hydrogen-bond donors (Lipinski definition) is 0. The summed E-state index contributed by atoms with van der Waals surface area (Å²) in [7, 11) is 0. The molecule has 0 unspecified atom stereocenters. The van der Waals surface area contributed by atoms with Crippen molar-refractivity contribution in [3.63, 3.8) is 0 Å². The van der Waals surface area contributed by atoms with Gasteiger partial charge >= 0.3 is 0 Å². The lowest BCUT2D eigenvalue weighted by Crippen LogP contribution is -2.04. The number of aromatic nitrogens is 2. The standard InChI is InChI=1S/C8H12N2O/c1-6(2)10-7(3)4-8(5-11)9-10/h4-6H,1-3H3. The highest BCUT2D eigenvalue weighted by molar-refractivity contribution is 5.71. The first-order valence-electron chi connectivity index (χ1n) is 3.66. The first-order chi connectivity index (χ1) is 5.15. The fraction of sp³-hybridized carbons (Fsp3) is 0.500. The lowest BCUT2D eigenvalue weighted by molar-refractivity contribution is 0.111. The van der Waals surface area contributed by atoms with Crippen LogP contribution in [0.25, 0.3) is 0 Å². The molecule has 11 heavy (non-hydrogen) atoms. The van der Waals surface area contributed by atoms with Crippen LogP contribution in [0.3, 0.4) is 0 Å². The molecule has 0 saturated heterocycles. The number of aryl methyl sites for hydroxylation is 1. The average molecular weight is 152 g/mol. The SMILES string of the molecule is Cc1cc(C=O)nn1C(C)C. The molecule has 0 aliphatic heterocycles. The van der Waals surface area contributed by atoms with Gasteiger partial charge in [0, 0.05) is 11.7 Å². The third-order valence-electron chi connectivity index (χ3n) is 1.55. The third-order valence-corrected chi connectivity index (χ3v) is 1.55. The molecule has 0 aromatic carbocycles.